The Morgan fingerprint density at radius 2 is 1.81 bits per heavy atom. The SMILES string of the molecule is O=C(Nc1ccc2c(c1)N(C(=O)C1CC1)CC2)c1ccccc1C(F)(F)F. The average molecular weight is 374 g/mol. The van der Waals surface area contributed by atoms with Crippen LogP contribution >= 0.6 is 0 Å². The zero-order valence-electron chi connectivity index (χ0n) is 14.3. The van der Waals surface area contributed by atoms with Gasteiger partial charge in [-0.15, -0.1) is 0 Å². The number of rotatable bonds is 3. The lowest BCUT2D eigenvalue weighted by atomic mass is 10.1. The van der Waals surface area contributed by atoms with Crippen LogP contribution in [0.4, 0.5) is 24.5 Å². The molecule has 1 aliphatic heterocycles. The van der Waals surface area contributed by atoms with Crippen LogP contribution < -0.4 is 10.2 Å². The molecule has 140 valence electrons. The second-order valence-corrected chi connectivity index (χ2v) is 6.86. The summed E-state index contributed by atoms with van der Waals surface area (Å²) in [7, 11) is 0. The van der Waals surface area contributed by atoms with Crippen LogP contribution in [0.25, 0.3) is 0 Å². The van der Waals surface area contributed by atoms with Crippen LogP contribution in [0.3, 0.4) is 0 Å². The molecule has 2 amide bonds. The van der Waals surface area contributed by atoms with E-state index in [9.17, 15) is 22.8 Å². The highest BCUT2D eigenvalue weighted by Gasteiger charge is 2.37. The Kier molecular flexibility index (Phi) is 4.17. The van der Waals surface area contributed by atoms with Crippen molar-refractivity contribution >= 4 is 23.2 Å². The molecule has 0 radical (unpaired) electrons. The fraction of sp³-hybridized carbons (Fsp3) is 0.300. The maximum Gasteiger partial charge on any atom is 0.417 e. The molecule has 1 heterocycles. The van der Waals surface area contributed by atoms with E-state index in [4.69, 9.17) is 0 Å². The first-order valence-corrected chi connectivity index (χ1v) is 8.76. The number of alkyl halides is 3. The Morgan fingerprint density at radius 3 is 2.52 bits per heavy atom. The molecule has 1 saturated carbocycles. The average Bonchev–Trinajstić information content (AvgIpc) is 3.40. The number of carbonyl (C=O) groups excluding carboxylic acids is 2. The van der Waals surface area contributed by atoms with Crippen molar-refractivity contribution in [3.63, 3.8) is 0 Å². The number of halogens is 3. The van der Waals surface area contributed by atoms with Crippen molar-refractivity contribution in [2.24, 2.45) is 5.92 Å². The van der Waals surface area contributed by atoms with Crippen LogP contribution in [-0.2, 0) is 17.4 Å². The van der Waals surface area contributed by atoms with Crippen molar-refractivity contribution in [1.29, 1.82) is 0 Å². The Hall–Kier alpha value is -2.83. The van der Waals surface area contributed by atoms with E-state index in [0.29, 0.717) is 12.2 Å². The normalized spacial score (nSPS) is 16.2. The Labute approximate surface area is 154 Å². The summed E-state index contributed by atoms with van der Waals surface area (Å²) < 4.78 is 39.4. The number of hydrogen-bond donors (Lipinski definition) is 1. The summed E-state index contributed by atoms with van der Waals surface area (Å²) in [5.41, 5.74) is 0.684. The molecule has 4 nitrogen and oxygen atoms in total. The van der Waals surface area contributed by atoms with Crippen LogP contribution in [0.5, 0.6) is 0 Å². The molecule has 0 bridgehead atoms. The minimum Gasteiger partial charge on any atom is -0.322 e. The summed E-state index contributed by atoms with van der Waals surface area (Å²) in [6, 6.07) is 9.79. The van der Waals surface area contributed by atoms with E-state index in [0.717, 1.165) is 42.6 Å². The van der Waals surface area contributed by atoms with Crippen molar-refractivity contribution < 1.29 is 22.8 Å². The third-order valence-corrected chi connectivity index (χ3v) is 4.91. The number of carbonyl (C=O) groups is 2. The Balaban J connectivity index is 1.59. The second-order valence-electron chi connectivity index (χ2n) is 6.86. The molecule has 27 heavy (non-hydrogen) atoms. The second kappa shape index (κ2) is 6.40. The molecule has 0 unspecified atom stereocenters. The van der Waals surface area contributed by atoms with Gasteiger partial charge in [0.05, 0.1) is 11.1 Å². The maximum absolute atomic E-state index is 13.1. The van der Waals surface area contributed by atoms with E-state index in [-0.39, 0.29) is 11.8 Å². The van der Waals surface area contributed by atoms with Gasteiger partial charge in [0, 0.05) is 23.8 Å². The van der Waals surface area contributed by atoms with Crippen LogP contribution in [0.15, 0.2) is 42.5 Å². The molecular weight excluding hydrogens is 357 g/mol. The van der Waals surface area contributed by atoms with Gasteiger partial charge in [0.1, 0.15) is 0 Å². The molecule has 1 fully saturated rings. The summed E-state index contributed by atoms with van der Waals surface area (Å²) in [5, 5.41) is 2.53. The number of amides is 2. The van der Waals surface area contributed by atoms with E-state index in [1.807, 2.05) is 0 Å². The van der Waals surface area contributed by atoms with Crippen molar-refractivity contribution in [3.8, 4) is 0 Å². The lowest BCUT2D eigenvalue weighted by molar-refractivity contribution is -0.137. The smallest absolute Gasteiger partial charge is 0.322 e. The van der Waals surface area contributed by atoms with Gasteiger partial charge in [-0.2, -0.15) is 13.2 Å². The predicted molar refractivity (Wildman–Crippen MR) is 94.6 cm³/mol. The van der Waals surface area contributed by atoms with Gasteiger partial charge in [0.2, 0.25) is 5.91 Å². The standard InChI is InChI=1S/C20H17F3N2O2/c21-20(22,23)16-4-2-1-3-15(16)18(26)24-14-8-7-12-9-10-25(17(12)11-14)19(27)13-5-6-13/h1-4,7-8,11,13H,5-6,9-10H2,(H,24,26). The number of benzene rings is 2. The molecule has 0 aromatic heterocycles. The minimum atomic E-state index is -4.61. The van der Waals surface area contributed by atoms with E-state index in [2.05, 4.69) is 5.32 Å². The molecule has 2 aromatic rings. The summed E-state index contributed by atoms with van der Waals surface area (Å²) in [6.45, 7) is 0.596. The van der Waals surface area contributed by atoms with Crippen molar-refractivity contribution in [1.82, 2.24) is 0 Å². The summed E-state index contributed by atoms with van der Waals surface area (Å²) in [5.74, 6) is -0.673. The molecule has 0 atom stereocenters. The fourth-order valence-corrected chi connectivity index (χ4v) is 3.36. The molecule has 0 saturated heterocycles. The zero-order valence-corrected chi connectivity index (χ0v) is 14.3. The van der Waals surface area contributed by atoms with Crippen LogP contribution in [0, 0.1) is 5.92 Å². The van der Waals surface area contributed by atoms with Gasteiger partial charge in [-0.1, -0.05) is 18.2 Å². The van der Waals surface area contributed by atoms with Crippen molar-refractivity contribution in [3.05, 3.63) is 59.2 Å². The topological polar surface area (TPSA) is 49.4 Å². The first-order valence-electron chi connectivity index (χ1n) is 8.76. The fourth-order valence-electron chi connectivity index (χ4n) is 3.36. The van der Waals surface area contributed by atoms with Gasteiger partial charge in [0.25, 0.3) is 5.91 Å². The van der Waals surface area contributed by atoms with E-state index in [1.165, 1.54) is 12.1 Å². The molecule has 1 aliphatic carbocycles. The lowest BCUT2D eigenvalue weighted by Crippen LogP contribution is -2.30. The van der Waals surface area contributed by atoms with Gasteiger partial charge in [-0.05, 0) is 49.1 Å². The highest BCUT2D eigenvalue weighted by molar-refractivity contribution is 6.06. The van der Waals surface area contributed by atoms with Crippen LogP contribution in [-0.4, -0.2) is 18.4 Å². The van der Waals surface area contributed by atoms with E-state index < -0.39 is 23.2 Å². The quantitative estimate of drug-likeness (QED) is 0.873. The van der Waals surface area contributed by atoms with Crippen molar-refractivity contribution in [2.75, 3.05) is 16.8 Å². The summed E-state index contributed by atoms with van der Waals surface area (Å²) >= 11 is 0. The van der Waals surface area contributed by atoms with Crippen molar-refractivity contribution in [2.45, 2.75) is 25.4 Å². The molecule has 0 spiro atoms. The lowest BCUT2D eigenvalue weighted by Gasteiger charge is -2.18. The molecule has 7 heteroatoms. The number of hydrogen-bond acceptors (Lipinski definition) is 2. The predicted octanol–water partition coefficient (Wildman–Crippen LogP) is 4.26. The van der Waals surface area contributed by atoms with Gasteiger partial charge >= 0.3 is 6.18 Å². The van der Waals surface area contributed by atoms with Gasteiger partial charge in [-0.3, -0.25) is 9.59 Å². The molecule has 2 aromatic carbocycles. The Morgan fingerprint density at radius 1 is 1.07 bits per heavy atom. The highest BCUT2D eigenvalue weighted by Crippen LogP contribution is 2.38. The zero-order chi connectivity index (χ0) is 19.2. The Bertz CT molecular complexity index is 920. The highest BCUT2D eigenvalue weighted by atomic mass is 19.4. The molecule has 1 N–H and O–H groups in total. The molecular formula is C20H17F3N2O2. The summed E-state index contributed by atoms with van der Waals surface area (Å²) in [4.78, 5) is 26.5. The first kappa shape index (κ1) is 17.6. The number of nitrogens with zero attached hydrogens (tertiary/aromatic N) is 1. The van der Waals surface area contributed by atoms with Gasteiger partial charge in [-0.25, -0.2) is 0 Å². The first-order chi connectivity index (χ1) is 12.8. The van der Waals surface area contributed by atoms with Crippen LogP contribution in [0.2, 0.25) is 0 Å². The summed E-state index contributed by atoms with van der Waals surface area (Å²) in [6.07, 6.45) is -2.08. The monoisotopic (exact) mass is 374 g/mol. The van der Waals surface area contributed by atoms with Crippen LogP contribution in [0.1, 0.15) is 34.3 Å². The third-order valence-electron chi connectivity index (χ3n) is 4.91. The molecule has 2 aliphatic rings. The van der Waals surface area contributed by atoms with E-state index in [1.54, 1.807) is 23.1 Å². The van der Waals surface area contributed by atoms with Gasteiger partial charge < -0.3 is 10.2 Å². The minimum absolute atomic E-state index is 0.0767. The largest absolute Gasteiger partial charge is 0.417 e. The number of anilines is 2. The number of nitrogens with one attached hydrogen (secondary N) is 1. The van der Waals surface area contributed by atoms with E-state index >= 15 is 0 Å². The third kappa shape index (κ3) is 3.41. The number of fused-ring (bicyclic) bond motifs is 1. The maximum atomic E-state index is 13.1. The van der Waals surface area contributed by atoms with Gasteiger partial charge in [0.15, 0.2) is 0 Å². The molecule has 4 rings (SSSR count).